The van der Waals surface area contributed by atoms with Crippen LogP contribution in [0.5, 0.6) is 0 Å². The van der Waals surface area contributed by atoms with Gasteiger partial charge in [-0.2, -0.15) is 5.10 Å². The number of H-pyrrole nitrogens is 1. The van der Waals surface area contributed by atoms with E-state index in [0.29, 0.717) is 37.7 Å². The molecule has 0 radical (unpaired) electrons. The van der Waals surface area contributed by atoms with E-state index in [-0.39, 0.29) is 11.6 Å². The second kappa shape index (κ2) is 8.46. The summed E-state index contributed by atoms with van der Waals surface area (Å²) in [7, 11) is 0. The molecule has 3 aliphatic rings. The van der Waals surface area contributed by atoms with Gasteiger partial charge in [0.05, 0.1) is 42.2 Å². The first-order valence-corrected chi connectivity index (χ1v) is 11.6. The maximum Gasteiger partial charge on any atom is 0.171 e. The topological polar surface area (TPSA) is 121 Å². The Bertz CT molecular complexity index is 947. The maximum atomic E-state index is 11.9. The molecule has 0 bridgehead atoms. The summed E-state index contributed by atoms with van der Waals surface area (Å²) in [6.07, 6.45) is 8.38. The number of rotatable bonds is 5. The number of nitrogens with two attached hydrogens (primary N) is 1. The summed E-state index contributed by atoms with van der Waals surface area (Å²) < 4.78 is 11.7. The molecule has 9 heteroatoms. The number of hydrogen-bond acceptors (Lipinski definition) is 7. The number of pyridine rings is 1. The van der Waals surface area contributed by atoms with Gasteiger partial charge in [-0.15, -0.1) is 0 Å². The fourth-order valence-corrected chi connectivity index (χ4v) is 5.40. The van der Waals surface area contributed by atoms with Crippen LogP contribution in [-0.4, -0.2) is 64.5 Å². The molecule has 0 amide bonds. The van der Waals surface area contributed by atoms with E-state index < -0.39 is 5.60 Å². The third kappa shape index (κ3) is 3.89. The average molecular weight is 442 g/mol. The van der Waals surface area contributed by atoms with Crippen LogP contribution in [0.1, 0.15) is 56.6 Å². The van der Waals surface area contributed by atoms with Crippen molar-refractivity contribution in [2.24, 2.45) is 0 Å². The molecule has 2 saturated heterocycles. The summed E-state index contributed by atoms with van der Waals surface area (Å²) in [4.78, 5) is 7.15. The summed E-state index contributed by atoms with van der Waals surface area (Å²) in [5.41, 5.74) is 0.485. The molecule has 3 fully saturated rings. The Hall–Kier alpha value is -2.49. The highest BCUT2D eigenvalue weighted by Crippen LogP contribution is 2.48. The number of aromatic amines is 1. The molecule has 9 nitrogen and oxygen atoms in total. The Kier molecular flexibility index (Phi) is 5.65. The Morgan fingerprint density at radius 1 is 1.28 bits per heavy atom. The van der Waals surface area contributed by atoms with Crippen molar-refractivity contribution in [2.45, 2.75) is 62.7 Å². The van der Waals surface area contributed by atoms with E-state index in [9.17, 15) is 5.11 Å². The van der Waals surface area contributed by atoms with Gasteiger partial charge in [0.1, 0.15) is 17.5 Å². The smallest absolute Gasteiger partial charge is 0.171 e. The van der Waals surface area contributed by atoms with Gasteiger partial charge < -0.3 is 24.8 Å². The first kappa shape index (κ1) is 21.4. The predicted molar refractivity (Wildman–Crippen MR) is 121 cm³/mol. The van der Waals surface area contributed by atoms with Crippen molar-refractivity contribution in [1.29, 1.82) is 0 Å². The second-order valence-electron chi connectivity index (χ2n) is 9.34. The molecule has 2 aromatic heterocycles. The summed E-state index contributed by atoms with van der Waals surface area (Å²) in [6, 6.07) is 4.04. The lowest BCUT2D eigenvalue weighted by Gasteiger charge is -2.42. The van der Waals surface area contributed by atoms with Crippen LogP contribution in [0.4, 0.5) is 17.5 Å². The van der Waals surface area contributed by atoms with E-state index in [4.69, 9.17) is 19.9 Å². The molecule has 1 atom stereocenters. The average Bonchev–Trinajstić information content (AvgIpc) is 3.49. The number of hydrogen-bond donors (Lipinski definition) is 4. The summed E-state index contributed by atoms with van der Waals surface area (Å²) in [5.74, 6) is 2.13. The van der Waals surface area contributed by atoms with Crippen LogP contribution < -0.4 is 15.6 Å². The highest BCUT2D eigenvalue weighted by atomic mass is 16.5. The number of nitrogens with zero attached hydrogens (tertiary/aromatic N) is 3. The number of morpholine rings is 1. The van der Waals surface area contributed by atoms with Crippen LogP contribution in [0.25, 0.3) is 0 Å². The van der Waals surface area contributed by atoms with Crippen molar-refractivity contribution in [2.75, 3.05) is 36.6 Å². The summed E-state index contributed by atoms with van der Waals surface area (Å²) >= 11 is 0. The van der Waals surface area contributed by atoms with E-state index in [1.54, 1.807) is 12.4 Å². The van der Waals surface area contributed by atoms with Gasteiger partial charge in [-0.05, 0) is 51.5 Å². The SMILES string of the molecule is C[C@@H]1COCCN1c1cc(C2(O)CCC3(CCCO3)CC2)c(C=[NH2+])c(Nc2ccn[nH]2)n1. The van der Waals surface area contributed by atoms with Gasteiger partial charge >= 0.3 is 0 Å². The third-order valence-corrected chi connectivity index (χ3v) is 7.30. The highest BCUT2D eigenvalue weighted by molar-refractivity contribution is 5.87. The molecule has 1 spiro atoms. The van der Waals surface area contributed by atoms with Crippen LogP contribution in [0.2, 0.25) is 0 Å². The molecule has 32 heavy (non-hydrogen) atoms. The number of aromatic nitrogens is 3. The van der Waals surface area contributed by atoms with Crippen LogP contribution in [0.15, 0.2) is 18.3 Å². The van der Waals surface area contributed by atoms with E-state index in [2.05, 4.69) is 27.3 Å². The lowest BCUT2D eigenvalue weighted by atomic mass is 9.71. The predicted octanol–water partition coefficient (Wildman–Crippen LogP) is 1.26. The van der Waals surface area contributed by atoms with Crippen molar-refractivity contribution in [1.82, 2.24) is 15.2 Å². The zero-order valence-electron chi connectivity index (χ0n) is 18.6. The number of aliphatic hydroxyl groups is 1. The standard InChI is InChI=1S/C23H32N6O3/c1-16-15-31-12-10-29(16)20-13-18(17(14-24)21(27-20)26-19-3-9-25-28-19)23(30)7-5-22(6-8-23)4-2-11-32-22/h3,9,13-14,16,24,30H,2,4-8,10-12,15H2,1H3,(H2,25,26,27,28)/p+1/t16-,22?,23?/m1/s1. The second-order valence-corrected chi connectivity index (χ2v) is 9.34. The lowest BCUT2D eigenvalue weighted by molar-refractivity contribution is -0.106. The van der Waals surface area contributed by atoms with Crippen LogP contribution >= 0.6 is 0 Å². The minimum absolute atomic E-state index is 0.0651. The molecule has 5 rings (SSSR count). The normalized spacial score (nSPS) is 30.6. The van der Waals surface area contributed by atoms with Crippen LogP contribution in [0.3, 0.4) is 0 Å². The van der Waals surface area contributed by atoms with Crippen molar-refractivity contribution in [3.63, 3.8) is 0 Å². The fourth-order valence-electron chi connectivity index (χ4n) is 5.40. The molecule has 1 saturated carbocycles. The molecule has 2 aromatic rings. The largest absolute Gasteiger partial charge is 0.385 e. The zero-order valence-corrected chi connectivity index (χ0v) is 18.6. The lowest BCUT2D eigenvalue weighted by Crippen LogP contribution is -2.45. The van der Waals surface area contributed by atoms with E-state index in [0.717, 1.165) is 55.8 Å². The molecule has 0 aromatic carbocycles. The molecule has 4 heterocycles. The van der Waals surface area contributed by atoms with Crippen molar-refractivity contribution in [3.05, 3.63) is 29.5 Å². The number of anilines is 3. The van der Waals surface area contributed by atoms with E-state index >= 15 is 0 Å². The Balaban J connectivity index is 1.55. The highest BCUT2D eigenvalue weighted by Gasteiger charge is 2.46. The fraction of sp³-hybridized carbons (Fsp3) is 0.609. The first-order chi connectivity index (χ1) is 15.5. The molecule has 2 aliphatic heterocycles. The molecular weight excluding hydrogens is 408 g/mol. The zero-order chi connectivity index (χ0) is 22.2. The molecule has 5 N–H and O–H groups in total. The van der Waals surface area contributed by atoms with E-state index in [1.165, 1.54) is 0 Å². The van der Waals surface area contributed by atoms with Gasteiger partial charge in [0.15, 0.2) is 6.21 Å². The Labute approximate surface area is 188 Å². The molecule has 172 valence electrons. The van der Waals surface area contributed by atoms with Gasteiger partial charge in [0.25, 0.3) is 0 Å². The quantitative estimate of drug-likeness (QED) is 0.516. The molecule has 0 unspecified atom stereocenters. The van der Waals surface area contributed by atoms with Crippen molar-refractivity contribution >= 4 is 23.7 Å². The van der Waals surface area contributed by atoms with Gasteiger partial charge in [-0.25, -0.2) is 4.98 Å². The van der Waals surface area contributed by atoms with Gasteiger partial charge in [0.2, 0.25) is 0 Å². The maximum absolute atomic E-state index is 11.9. The first-order valence-electron chi connectivity index (χ1n) is 11.6. The van der Waals surface area contributed by atoms with Crippen molar-refractivity contribution in [3.8, 4) is 0 Å². The molecule has 1 aliphatic carbocycles. The van der Waals surface area contributed by atoms with Gasteiger partial charge in [0, 0.05) is 24.8 Å². The van der Waals surface area contributed by atoms with Gasteiger partial charge in [-0.1, -0.05) is 0 Å². The minimum atomic E-state index is -0.986. The van der Waals surface area contributed by atoms with Crippen LogP contribution in [-0.2, 0) is 15.1 Å². The Morgan fingerprint density at radius 2 is 2.12 bits per heavy atom. The number of ether oxygens (including phenoxy) is 2. The molecular formula is C23H33N6O3+. The summed E-state index contributed by atoms with van der Waals surface area (Å²) in [6.45, 7) is 5.00. The van der Waals surface area contributed by atoms with E-state index in [1.807, 2.05) is 12.1 Å². The number of nitrogens with one attached hydrogen (secondary N) is 2. The third-order valence-electron chi connectivity index (χ3n) is 7.30. The summed E-state index contributed by atoms with van der Waals surface area (Å²) in [5, 5.41) is 28.2. The van der Waals surface area contributed by atoms with Gasteiger partial charge in [-0.3, -0.25) is 10.5 Å². The Morgan fingerprint density at radius 3 is 2.78 bits per heavy atom. The van der Waals surface area contributed by atoms with Crippen LogP contribution in [0, 0.1) is 0 Å². The van der Waals surface area contributed by atoms with Crippen molar-refractivity contribution < 1.29 is 20.0 Å². The minimum Gasteiger partial charge on any atom is -0.385 e. The monoisotopic (exact) mass is 441 g/mol.